The van der Waals surface area contributed by atoms with E-state index in [-0.39, 0.29) is 5.91 Å². The minimum atomic E-state index is -0.598. The maximum absolute atomic E-state index is 11.4. The van der Waals surface area contributed by atoms with E-state index in [0.717, 1.165) is 26.1 Å². The summed E-state index contributed by atoms with van der Waals surface area (Å²) >= 11 is 0. The molecule has 0 aromatic rings. The van der Waals surface area contributed by atoms with Gasteiger partial charge in [-0.25, -0.2) is 0 Å². The predicted octanol–water partition coefficient (Wildman–Crippen LogP) is -0.134. The predicted molar refractivity (Wildman–Crippen MR) is 74.4 cm³/mol. The summed E-state index contributed by atoms with van der Waals surface area (Å²) in [5.41, 5.74) is 4.84. The average Bonchev–Trinajstić information content (AvgIpc) is 2.36. The third-order valence-electron chi connectivity index (χ3n) is 4.37. The molecule has 0 radical (unpaired) electrons. The molecular weight excluding hydrogens is 228 g/mol. The van der Waals surface area contributed by atoms with E-state index in [1.54, 1.807) is 7.05 Å². The molecule has 0 spiro atoms. The fourth-order valence-corrected chi connectivity index (χ4v) is 2.39. The van der Waals surface area contributed by atoms with Crippen LogP contribution in [-0.2, 0) is 4.79 Å². The number of likely N-dealkylation sites (N-methyl/N-ethyl adjacent to an activating group) is 1. The number of hydrogen-bond donors (Lipinski definition) is 2. The van der Waals surface area contributed by atoms with Crippen LogP contribution in [0.4, 0.5) is 0 Å². The Morgan fingerprint density at radius 3 is 2.50 bits per heavy atom. The van der Waals surface area contributed by atoms with Gasteiger partial charge in [0.05, 0.1) is 5.54 Å². The summed E-state index contributed by atoms with van der Waals surface area (Å²) in [6, 6.07) is 0.634. The van der Waals surface area contributed by atoms with E-state index in [1.807, 2.05) is 6.92 Å². The zero-order chi connectivity index (χ0) is 13.8. The van der Waals surface area contributed by atoms with Gasteiger partial charge in [-0.15, -0.1) is 0 Å². The molecule has 0 aromatic carbocycles. The lowest BCUT2D eigenvalue weighted by Gasteiger charge is -2.36. The highest BCUT2D eigenvalue weighted by Crippen LogP contribution is 2.16. The number of amides is 1. The number of rotatable bonds is 6. The van der Waals surface area contributed by atoms with Crippen molar-refractivity contribution in [1.82, 2.24) is 15.1 Å². The molecule has 5 heteroatoms. The Kier molecular flexibility index (Phi) is 5.56. The smallest absolute Gasteiger partial charge is 0.237 e. The molecule has 0 bridgehead atoms. The lowest BCUT2D eigenvalue weighted by molar-refractivity contribution is -0.124. The lowest BCUT2D eigenvalue weighted by Crippen LogP contribution is -2.53. The van der Waals surface area contributed by atoms with Crippen molar-refractivity contribution in [2.24, 2.45) is 5.73 Å². The summed E-state index contributed by atoms with van der Waals surface area (Å²) in [4.78, 5) is 16.2. The molecule has 0 saturated carbocycles. The van der Waals surface area contributed by atoms with Crippen molar-refractivity contribution in [3.63, 3.8) is 0 Å². The Hall–Kier alpha value is -0.650. The molecule has 0 aliphatic carbocycles. The quantitative estimate of drug-likeness (QED) is 0.695. The number of nitrogens with zero attached hydrogens (tertiary/aromatic N) is 2. The Bertz CT molecular complexity index is 276. The summed E-state index contributed by atoms with van der Waals surface area (Å²) in [7, 11) is 6.11. The van der Waals surface area contributed by atoms with Crippen LogP contribution in [0.25, 0.3) is 0 Å². The molecule has 1 rings (SSSR count). The third-order valence-corrected chi connectivity index (χ3v) is 4.37. The largest absolute Gasteiger partial charge is 0.368 e. The maximum atomic E-state index is 11.4. The average molecular weight is 256 g/mol. The topological polar surface area (TPSA) is 61.6 Å². The van der Waals surface area contributed by atoms with Gasteiger partial charge in [-0.3, -0.25) is 4.79 Å². The van der Waals surface area contributed by atoms with Crippen LogP contribution in [0.5, 0.6) is 0 Å². The van der Waals surface area contributed by atoms with Gasteiger partial charge < -0.3 is 20.9 Å². The van der Waals surface area contributed by atoms with Gasteiger partial charge in [-0.2, -0.15) is 0 Å². The third kappa shape index (κ3) is 3.93. The highest BCUT2D eigenvalue weighted by molar-refractivity contribution is 5.84. The van der Waals surface area contributed by atoms with Crippen molar-refractivity contribution in [1.29, 1.82) is 0 Å². The monoisotopic (exact) mass is 256 g/mol. The van der Waals surface area contributed by atoms with Gasteiger partial charge in [0, 0.05) is 12.6 Å². The van der Waals surface area contributed by atoms with Gasteiger partial charge in [-0.05, 0) is 60.4 Å². The molecule has 1 saturated heterocycles. The van der Waals surface area contributed by atoms with Crippen LogP contribution in [0, 0.1) is 0 Å². The van der Waals surface area contributed by atoms with Crippen molar-refractivity contribution in [3.8, 4) is 0 Å². The Morgan fingerprint density at radius 1 is 1.50 bits per heavy atom. The fraction of sp³-hybridized carbons (Fsp3) is 0.923. The number of nitrogens with two attached hydrogens (primary N) is 1. The molecule has 1 amide bonds. The molecule has 18 heavy (non-hydrogen) atoms. The lowest BCUT2D eigenvalue weighted by atomic mass is 9.96. The maximum Gasteiger partial charge on any atom is 0.237 e. The molecular formula is C13H28N4O. The highest BCUT2D eigenvalue weighted by Gasteiger charge is 2.30. The summed E-state index contributed by atoms with van der Waals surface area (Å²) in [6.07, 6.45) is 3.17. The second kappa shape index (κ2) is 6.50. The number of likely N-dealkylation sites (tertiary alicyclic amines) is 1. The number of hydrogen-bond acceptors (Lipinski definition) is 4. The number of nitrogens with one attached hydrogen (secondary N) is 1. The molecule has 106 valence electrons. The highest BCUT2D eigenvalue weighted by atomic mass is 16.1. The molecule has 1 atom stereocenters. The van der Waals surface area contributed by atoms with Gasteiger partial charge in [0.2, 0.25) is 5.91 Å². The first kappa shape index (κ1) is 15.4. The van der Waals surface area contributed by atoms with Gasteiger partial charge in [-0.1, -0.05) is 0 Å². The number of carbonyl (C=O) groups excluding carboxylic acids is 1. The van der Waals surface area contributed by atoms with Crippen LogP contribution in [0.2, 0.25) is 0 Å². The second-order valence-electron chi connectivity index (χ2n) is 5.71. The van der Waals surface area contributed by atoms with Crippen molar-refractivity contribution in [2.75, 3.05) is 40.8 Å². The summed E-state index contributed by atoms with van der Waals surface area (Å²) in [5.74, 6) is -0.276. The van der Waals surface area contributed by atoms with E-state index in [2.05, 4.69) is 29.2 Å². The molecule has 3 N–H and O–H groups in total. The van der Waals surface area contributed by atoms with Crippen LogP contribution in [0.1, 0.15) is 26.2 Å². The molecule has 0 aromatic heterocycles. The molecule has 5 nitrogen and oxygen atoms in total. The van der Waals surface area contributed by atoms with Crippen molar-refractivity contribution < 1.29 is 4.79 Å². The van der Waals surface area contributed by atoms with Crippen molar-refractivity contribution >= 4 is 5.91 Å². The summed E-state index contributed by atoms with van der Waals surface area (Å²) < 4.78 is 0. The number of piperidine rings is 1. The first-order valence-electron chi connectivity index (χ1n) is 6.76. The fourth-order valence-electron chi connectivity index (χ4n) is 2.39. The minimum absolute atomic E-state index is 0.276. The van der Waals surface area contributed by atoms with Gasteiger partial charge in [0.15, 0.2) is 0 Å². The number of carbonyl (C=O) groups is 1. The van der Waals surface area contributed by atoms with E-state index in [1.165, 1.54) is 12.8 Å². The van der Waals surface area contributed by atoms with E-state index < -0.39 is 5.54 Å². The van der Waals surface area contributed by atoms with Gasteiger partial charge in [0.25, 0.3) is 0 Å². The SMILES string of the molecule is CNC(C)(CCN(C)C1CCN(C)CC1)C(N)=O. The molecule has 1 unspecified atom stereocenters. The Balaban J connectivity index is 2.40. The van der Waals surface area contributed by atoms with Crippen LogP contribution in [0.3, 0.4) is 0 Å². The standard InChI is InChI=1S/C13H28N4O/c1-13(15-2,12(14)18)7-10-17(4)11-5-8-16(3)9-6-11/h11,15H,5-10H2,1-4H3,(H2,14,18). The van der Waals surface area contributed by atoms with Gasteiger partial charge in [0.1, 0.15) is 0 Å². The normalized spacial score (nSPS) is 22.1. The molecule has 1 heterocycles. The zero-order valence-corrected chi connectivity index (χ0v) is 12.2. The van der Waals surface area contributed by atoms with E-state index >= 15 is 0 Å². The van der Waals surface area contributed by atoms with Crippen molar-refractivity contribution in [2.45, 2.75) is 37.8 Å². The van der Waals surface area contributed by atoms with E-state index in [0.29, 0.717) is 6.04 Å². The summed E-state index contributed by atoms with van der Waals surface area (Å²) in [6.45, 7) is 5.09. The Labute approximate surface area is 111 Å². The number of primary amides is 1. The molecule has 1 fully saturated rings. The molecule has 1 aliphatic rings. The first-order valence-corrected chi connectivity index (χ1v) is 6.76. The van der Waals surface area contributed by atoms with Crippen molar-refractivity contribution in [3.05, 3.63) is 0 Å². The first-order chi connectivity index (χ1) is 8.39. The van der Waals surface area contributed by atoms with Gasteiger partial charge >= 0.3 is 0 Å². The van der Waals surface area contributed by atoms with E-state index in [4.69, 9.17) is 5.73 Å². The Morgan fingerprint density at radius 2 is 2.06 bits per heavy atom. The molecule has 1 aliphatic heterocycles. The van der Waals surface area contributed by atoms with Crippen LogP contribution in [-0.4, -0.2) is 68.1 Å². The summed E-state index contributed by atoms with van der Waals surface area (Å²) in [5, 5.41) is 3.03. The van der Waals surface area contributed by atoms with Crippen LogP contribution < -0.4 is 11.1 Å². The zero-order valence-electron chi connectivity index (χ0n) is 12.2. The van der Waals surface area contributed by atoms with E-state index in [9.17, 15) is 4.79 Å². The van der Waals surface area contributed by atoms with Crippen LogP contribution >= 0.6 is 0 Å². The second-order valence-corrected chi connectivity index (χ2v) is 5.71. The minimum Gasteiger partial charge on any atom is -0.368 e. The van der Waals surface area contributed by atoms with Crippen LogP contribution in [0.15, 0.2) is 0 Å².